The van der Waals surface area contributed by atoms with Crippen LogP contribution in [0.4, 0.5) is 18.9 Å². The van der Waals surface area contributed by atoms with Gasteiger partial charge in [0.15, 0.2) is 0 Å². The summed E-state index contributed by atoms with van der Waals surface area (Å²) in [4.78, 5) is 12.0. The molecule has 0 bridgehead atoms. The Morgan fingerprint density at radius 3 is 2.68 bits per heavy atom. The summed E-state index contributed by atoms with van der Waals surface area (Å²) in [5, 5.41) is 12.8. The number of carbonyl (C=O) groups excluding carboxylic acids is 1. The molecule has 0 fully saturated rings. The van der Waals surface area contributed by atoms with Crippen LogP contribution in [0.5, 0.6) is 5.75 Å². The first-order valence-electron chi connectivity index (χ1n) is 9.79. The van der Waals surface area contributed by atoms with Crippen molar-refractivity contribution in [1.82, 2.24) is 5.32 Å². The molecule has 0 spiro atoms. The minimum atomic E-state index is -5.03. The fraction of sp³-hybridized carbons (Fsp3) is 0.250. The molecular formula is C20H18BF3N2O7S. The van der Waals surface area contributed by atoms with Crippen molar-refractivity contribution in [2.75, 3.05) is 17.6 Å². The highest BCUT2D eigenvalue weighted by Crippen LogP contribution is 2.31. The second-order valence-corrected chi connectivity index (χ2v) is 9.46. The Hall–Kier alpha value is -3.23. The first kappa shape index (κ1) is 23.9. The number of hydrogen-bond acceptors (Lipinski definition) is 7. The summed E-state index contributed by atoms with van der Waals surface area (Å²) in [5.41, 5.74) is 0.937. The number of benzene rings is 2. The van der Waals surface area contributed by atoms with Crippen LogP contribution in [-0.4, -0.2) is 46.1 Å². The van der Waals surface area contributed by atoms with E-state index in [1.54, 1.807) is 0 Å². The maximum absolute atomic E-state index is 12.9. The maximum atomic E-state index is 12.9. The van der Waals surface area contributed by atoms with Crippen molar-refractivity contribution in [1.29, 1.82) is 0 Å². The first-order chi connectivity index (χ1) is 15.9. The molecule has 2 N–H and O–H groups in total. The summed E-state index contributed by atoms with van der Waals surface area (Å²) >= 11 is 0. The van der Waals surface area contributed by atoms with Crippen LogP contribution in [0.2, 0.25) is 0 Å². The van der Waals surface area contributed by atoms with Crippen molar-refractivity contribution in [3.05, 3.63) is 53.3 Å². The number of carbonyl (C=O) groups is 1. The number of sulfonamides is 1. The Morgan fingerprint density at radius 2 is 2.03 bits per heavy atom. The second-order valence-electron chi connectivity index (χ2n) is 7.56. The van der Waals surface area contributed by atoms with Crippen molar-refractivity contribution in [2.24, 2.45) is 0 Å². The number of alkyl halides is 3. The molecule has 14 heteroatoms. The number of nitrogens with one attached hydrogen (secondary N) is 1. The van der Waals surface area contributed by atoms with Gasteiger partial charge < -0.3 is 24.1 Å². The average molecular weight is 498 g/mol. The van der Waals surface area contributed by atoms with E-state index in [1.165, 1.54) is 37.6 Å². The fourth-order valence-corrected chi connectivity index (χ4v) is 4.63. The van der Waals surface area contributed by atoms with E-state index in [0.717, 1.165) is 16.6 Å². The highest BCUT2D eigenvalue weighted by atomic mass is 32.2. The predicted molar refractivity (Wildman–Crippen MR) is 116 cm³/mol. The van der Waals surface area contributed by atoms with Gasteiger partial charge in [0.2, 0.25) is 10.0 Å². The van der Waals surface area contributed by atoms with E-state index in [9.17, 15) is 31.4 Å². The number of ether oxygens (including phenoxy) is 1. The van der Waals surface area contributed by atoms with E-state index in [4.69, 9.17) is 9.07 Å². The zero-order valence-corrected chi connectivity index (χ0v) is 18.7. The molecule has 9 nitrogen and oxygen atoms in total. The Kier molecular flexibility index (Phi) is 6.00. The molecule has 1 aliphatic heterocycles. The van der Waals surface area contributed by atoms with Gasteiger partial charge in [-0.15, -0.1) is 13.2 Å². The third-order valence-corrected chi connectivity index (χ3v) is 6.34. The normalized spacial score (nSPS) is 13.8. The number of rotatable bonds is 6. The van der Waals surface area contributed by atoms with Crippen LogP contribution in [0, 0.1) is 0 Å². The number of amides is 1. The third-order valence-electron chi connectivity index (χ3n) is 5.20. The lowest BCUT2D eigenvalue weighted by Crippen LogP contribution is -2.33. The third kappa shape index (κ3) is 4.69. The lowest BCUT2D eigenvalue weighted by Gasteiger charge is -2.23. The van der Waals surface area contributed by atoms with Gasteiger partial charge in [-0.25, -0.2) is 8.42 Å². The fourth-order valence-electron chi connectivity index (χ4n) is 3.75. The molecule has 1 amide bonds. The summed E-state index contributed by atoms with van der Waals surface area (Å²) in [6, 6.07) is 6.84. The van der Waals surface area contributed by atoms with Crippen LogP contribution in [-0.2, 0) is 27.8 Å². The predicted octanol–water partition coefficient (Wildman–Crippen LogP) is 1.87. The summed E-state index contributed by atoms with van der Waals surface area (Å²) in [5.74, 6) is -1.05. The van der Waals surface area contributed by atoms with E-state index in [-0.39, 0.29) is 52.5 Å². The molecule has 0 saturated carbocycles. The number of halogens is 3. The van der Waals surface area contributed by atoms with Crippen molar-refractivity contribution in [2.45, 2.75) is 19.5 Å². The van der Waals surface area contributed by atoms with Gasteiger partial charge in [-0.2, -0.15) is 0 Å². The van der Waals surface area contributed by atoms with Gasteiger partial charge >= 0.3 is 13.5 Å². The molecule has 0 radical (unpaired) electrons. The zero-order valence-electron chi connectivity index (χ0n) is 17.8. The molecule has 4 rings (SSSR count). The highest BCUT2D eigenvalue weighted by Gasteiger charge is 2.38. The smallest absolute Gasteiger partial charge is 0.463 e. The van der Waals surface area contributed by atoms with E-state index >= 15 is 0 Å². The largest absolute Gasteiger partial charge is 0.573 e. The Morgan fingerprint density at radius 1 is 1.29 bits per heavy atom. The summed E-state index contributed by atoms with van der Waals surface area (Å²) in [7, 11) is -4.04. The molecule has 3 aromatic rings. The monoisotopic (exact) mass is 498 g/mol. The van der Waals surface area contributed by atoms with Crippen molar-refractivity contribution in [3.8, 4) is 5.75 Å². The lowest BCUT2D eigenvalue weighted by atomic mass is 9.78. The van der Waals surface area contributed by atoms with Gasteiger partial charge in [-0.1, -0.05) is 6.07 Å². The molecule has 34 heavy (non-hydrogen) atoms. The minimum absolute atomic E-state index is 0.161. The Bertz CT molecular complexity index is 1370. The van der Waals surface area contributed by atoms with Gasteiger partial charge in [0.25, 0.3) is 5.91 Å². The number of anilines is 1. The average Bonchev–Trinajstić information content (AvgIpc) is 3.32. The first-order valence-corrected chi connectivity index (χ1v) is 11.6. The summed E-state index contributed by atoms with van der Waals surface area (Å²) in [6.45, 7) is -0.511. The highest BCUT2D eigenvalue weighted by molar-refractivity contribution is 7.92. The number of hydrogen-bond donors (Lipinski definition) is 2. The summed E-state index contributed by atoms with van der Waals surface area (Å²) in [6.07, 6.45) is -2.84. The second kappa shape index (κ2) is 8.53. The number of fused-ring (bicyclic) bond motifs is 2. The standard InChI is InChI=1S/C20H18BF3N2O7S/c1-25-19(27)15-10-31-16-7-13(3-4-14(15)16)26(34(2,29)30)8-11-5-12-9-32-21(28)18(12)17(6-11)33-20(22,23)24/h3-7,10,28H,8-9H2,1-2H3,(H,25,27). The molecule has 1 aliphatic rings. The van der Waals surface area contributed by atoms with Crippen molar-refractivity contribution >= 4 is 45.2 Å². The molecule has 180 valence electrons. The molecule has 0 atom stereocenters. The summed E-state index contributed by atoms with van der Waals surface area (Å²) < 4.78 is 79.4. The SMILES string of the molecule is CNC(=O)c1coc2cc(N(Cc3cc4c(c(OC(F)(F)F)c3)B(O)OC4)S(C)(=O)=O)ccc12. The van der Waals surface area contributed by atoms with E-state index in [2.05, 4.69) is 10.1 Å². The van der Waals surface area contributed by atoms with Crippen LogP contribution in [0.3, 0.4) is 0 Å². The van der Waals surface area contributed by atoms with Crippen LogP contribution in [0.1, 0.15) is 21.5 Å². The van der Waals surface area contributed by atoms with Crippen LogP contribution >= 0.6 is 0 Å². The molecule has 0 saturated heterocycles. The molecule has 2 aromatic carbocycles. The lowest BCUT2D eigenvalue weighted by molar-refractivity contribution is -0.274. The van der Waals surface area contributed by atoms with Crippen LogP contribution in [0.25, 0.3) is 11.0 Å². The van der Waals surface area contributed by atoms with E-state index < -0.39 is 29.3 Å². The van der Waals surface area contributed by atoms with Crippen molar-refractivity contribution in [3.63, 3.8) is 0 Å². The zero-order chi connectivity index (χ0) is 24.8. The molecule has 1 aromatic heterocycles. The Balaban J connectivity index is 1.75. The minimum Gasteiger partial charge on any atom is -0.463 e. The topological polar surface area (TPSA) is 118 Å². The van der Waals surface area contributed by atoms with Gasteiger partial charge in [-0.05, 0) is 29.3 Å². The van der Waals surface area contributed by atoms with E-state index in [0.29, 0.717) is 5.39 Å². The van der Waals surface area contributed by atoms with E-state index in [1.807, 2.05) is 0 Å². The maximum Gasteiger partial charge on any atom is 0.573 e. The molecule has 0 unspecified atom stereocenters. The van der Waals surface area contributed by atoms with Crippen LogP contribution in [0.15, 0.2) is 41.0 Å². The Labute approximate surface area is 192 Å². The van der Waals surface area contributed by atoms with Gasteiger partial charge in [0.05, 0.1) is 30.7 Å². The van der Waals surface area contributed by atoms with Crippen molar-refractivity contribution < 1.29 is 45.2 Å². The van der Waals surface area contributed by atoms with Gasteiger partial charge in [-0.3, -0.25) is 9.10 Å². The van der Waals surface area contributed by atoms with Crippen LogP contribution < -0.4 is 19.8 Å². The molecule has 0 aliphatic carbocycles. The quantitative estimate of drug-likeness (QED) is 0.499. The number of nitrogens with zero attached hydrogens (tertiary/aromatic N) is 1. The van der Waals surface area contributed by atoms with Gasteiger partial charge in [0, 0.05) is 24.0 Å². The number of furan rings is 1. The van der Waals surface area contributed by atoms with Gasteiger partial charge in [0.1, 0.15) is 17.6 Å². The molecular weight excluding hydrogens is 480 g/mol. The molecule has 2 heterocycles.